The zero-order chi connectivity index (χ0) is 13.8. The van der Waals surface area contributed by atoms with Crippen molar-refractivity contribution in [1.29, 1.82) is 0 Å². The lowest BCUT2D eigenvalue weighted by atomic mass is 10.2. The highest BCUT2D eigenvalue weighted by atomic mass is 19.3. The van der Waals surface area contributed by atoms with Gasteiger partial charge in [0.05, 0.1) is 11.6 Å². The van der Waals surface area contributed by atoms with Crippen LogP contribution in [0.4, 0.5) is 14.6 Å². The Hall–Kier alpha value is -1.82. The van der Waals surface area contributed by atoms with Crippen LogP contribution in [0.5, 0.6) is 0 Å². The molecule has 4 nitrogen and oxygen atoms in total. The Morgan fingerprint density at radius 3 is 2.68 bits per heavy atom. The van der Waals surface area contributed by atoms with Crippen LogP contribution >= 0.6 is 0 Å². The van der Waals surface area contributed by atoms with E-state index in [-0.39, 0.29) is 6.10 Å². The van der Waals surface area contributed by atoms with Crippen LogP contribution in [-0.2, 0) is 4.74 Å². The van der Waals surface area contributed by atoms with Gasteiger partial charge in [-0.15, -0.1) is 0 Å². The van der Waals surface area contributed by atoms with Crippen molar-refractivity contribution in [2.75, 3.05) is 19.0 Å². The number of hydrogen-bond acceptors (Lipinski definition) is 4. The van der Waals surface area contributed by atoms with E-state index in [0.29, 0.717) is 17.9 Å². The lowest BCUT2D eigenvalue weighted by Gasteiger charge is -2.13. The molecule has 1 N–H and O–H groups in total. The number of benzene rings is 1. The molecule has 2 aromatic rings. The van der Waals surface area contributed by atoms with Gasteiger partial charge < -0.3 is 10.1 Å². The van der Waals surface area contributed by atoms with E-state index in [1.165, 1.54) is 0 Å². The summed E-state index contributed by atoms with van der Waals surface area (Å²) in [5.41, 5.74) is 0.500. The molecule has 19 heavy (non-hydrogen) atoms. The summed E-state index contributed by atoms with van der Waals surface area (Å²) in [6, 6.07) is 7.06. The van der Waals surface area contributed by atoms with Gasteiger partial charge in [-0.25, -0.2) is 18.7 Å². The van der Waals surface area contributed by atoms with Crippen molar-refractivity contribution in [1.82, 2.24) is 9.97 Å². The summed E-state index contributed by atoms with van der Waals surface area (Å²) in [5.74, 6) is -0.0592. The van der Waals surface area contributed by atoms with E-state index in [1.807, 2.05) is 13.0 Å². The van der Waals surface area contributed by atoms with Gasteiger partial charge in [0.1, 0.15) is 5.82 Å². The number of alkyl halides is 2. The van der Waals surface area contributed by atoms with Crippen molar-refractivity contribution < 1.29 is 13.5 Å². The number of methoxy groups -OCH3 is 1. The number of nitrogens with one attached hydrogen (secondary N) is 1. The fraction of sp³-hybridized carbons (Fsp3) is 0.385. The van der Waals surface area contributed by atoms with Crippen LogP contribution in [0.3, 0.4) is 0 Å². The molecule has 0 saturated carbocycles. The van der Waals surface area contributed by atoms with Gasteiger partial charge in [-0.1, -0.05) is 12.1 Å². The molecule has 1 aromatic carbocycles. The van der Waals surface area contributed by atoms with Crippen molar-refractivity contribution in [2.45, 2.75) is 19.5 Å². The lowest BCUT2D eigenvalue weighted by molar-refractivity contribution is 0.128. The zero-order valence-electron chi connectivity index (χ0n) is 10.7. The molecule has 6 heteroatoms. The number of halogens is 2. The predicted molar refractivity (Wildman–Crippen MR) is 69.5 cm³/mol. The monoisotopic (exact) mass is 267 g/mol. The predicted octanol–water partition coefficient (Wildman–Crippen LogP) is 3.01. The van der Waals surface area contributed by atoms with Gasteiger partial charge in [-0.2, -0.15) is 0 Å². The molecule has 0 amide bonds. The zero-order valence-corrected chi connectivity index (χ0v) is 10.7. The van der Waals surface area contributed by atoms with E-state index in [9.17, 15) is 8.78 Å². The Kier molecular flexibility index (Phi) is 4.21. The number of anilines is 1. The van der Waals surface area contributed by atoms with Gasteiger partial charge in [0.25, 0.3) is 6.43 Å². The Morgan fingerprint density at radius 2 is 2.00 bits per heavy atom. The van der Waals surface area contributed by atoms with E-state index in [1.54, 1.807) is 25.3 Å². The normalized spacial score (nSPS) is 12.9. The van der Waals surface area contributed by atoms with E-state index >= 15 is 0 Å². The fourth-order valence-electron chi connectivity index (χ4n) is 1.65. The summed E-state index contributed by atoms with van der Waals surface area (Å²) < 4.78 is 30.6. The smallest absolute Gasteiger partial charge is 0.297 e. The summed E-state index contributed by atoms with van der Waals surface area (Å²) >= 11 is 0. The molecule has 0 bridgehead atoms. The second-order valence-electron chi connectivity index (χ2n) is 4.18. The molecule has 1 aromatic heterocycles. The first-order valence-corrected chi connectivity index (χ1v) is 5.93. The summed E-state index contributed by atoms with van der Waals surface area (Å²) in [6.45, 7) is 2.37. The molecule has 2 rings (SSSR count). The Balaban J connectivity index is 2.39. The second-order valence-corrected chi connectivity index (χ2v) is 4.18. The number of fused-ring (bicyclic) bond motifs is 1. The minimum atomic E-state index is -2.69. The molecule has 0 spiro atoms. The molecule has 0 aliphatic heterocycles. The van der Waals surface area contributed by atoms with Crippen molar-refractivity contribution in [3.05, 3.63) is 30.1 Å². The van der Waals surface area contributed by atoms with Gasteiger partial charge in [-0.3, -0.25) is 0 Å². The highest BCUT2D eigenvalue weighted by Gasteiger charge is 2.15. The van der Waals surface area contributed by atoms with Crippen LogP contribution in [-0.4, -0.2) is 29.7 Å². The number of hydrogen-bond donors (Lipinski definition) is 1. The van der Waals surface area contributed by atoms with Crippen LogP contribution in [0, 0.1) is 0 Å². The number of rotatable bonds is 5. The van der Waals surface area contributed by atoms with Gasteiger partial charge in [0.15, 0.2) is 5.82 Å². The van der Waals surface area contributed by atoms with Gasteiger partial charge in [-0.05, 0) is 19.1 Å². The first-order valence-electron chi connectivity index (χ1n) is 5.93. The maximum Gasteiger partial charge on any atom is 0.297 e. The number of ether oxygens (including phenoxy) is 1. The van der Waals surface area contributed by atoms with E-state index < -0.39 is 12.2 Å². The lowest BCUT2D eigenvalue weighted by Crippen LogP contribution is -2.19. The van der Waals surface area contributed by atoms with Crippen LogP contribution in [0.1, 0.15) is 19.2 Å². The molecule has 0 radical (unpaired) electrons. The quantitative estimate of drug-likeness (QED) is 0.904. The largest absolute Gasteiger partial charge is 0.380 e. The highest BCUT2D eigenvalue weighted by Crippen LogP contribution is 2.24. The number of aromatic nitrogens is 2. The van der Waals surface area contributed by atoms with Crippen molar-refractivity contribution in [3.8, 4) is 0 Å². The van der Waals surface area contributed by atoms with Crippen LogP contribution < -0.4 is 5.32 Å². The van der Waals surface area contributed by atoms with Gasteiger partial charge in [0, 0.05) is 19.0 Å². The Morgan fingerprint density at radius 1 is 1.26 bits per heavy atom. The third kappa shape index (κ3) is 3.14. The standard InChI is InChI=1S/C13H15F2N3O/c1-8(19-2)7-16-12-9-5-3-4-6-10(9)17-13(18-12)11(14)15/h3-6,8,11H,7H2,1-2H3,(H,16,17,18). The molecule has 1 unspecified atom stereocenters. The molecular formula is C13H15F2N3O. The van der Waals surface area contributed by atoms with Crippen molar-refractivity contribution in [2.24, 2.45) is 0 Å². The first kappa shape index (κ1) is 13.6. The average molecular weight is 267 g/mol. The number of para-hydroxylation sites is 1. The highest BCUT2D eigenvalue weighted by molar-refractivity contribution is 5.88. The van der Waals surface area contributed by atoms with E-state index in [0.717, 1.165) is 5.39 Å². The van der Waals surface area contributed by atoms with Crippen LogP contribution in [0.25, 0.3) is 10.9 Å². The molecule has 0 aliphatic rings. The van der Waals surface area contributed by atoms with Gasteiger partial charge >= 0.3 is 0 Å². The Bertz CT molecular complexity index is 563. The molecule has 0 aliphatic carbocycles. The summed E-state index contributed by atoms with van der Waals surface area (Å²) in [4.78, 5) is 7.73. The van der Waals surface area contributed by atoms with Crippen molar-refractivity contribution >= 4 is 16.7 Å². The van der Waals surface area contributed by atoms with Crippen LogP contribution in [0.2, 0.25) is 0 Å². The topological polar surface area (TPSA) is 47.0 Å². The summed E-state index contributed by atoms with van der Waals surface area (Å²) in [5, 5.41) is 3.74. The SMILES string of the molecule is COC(C)CNc1nc(C(F)F)nc2ccccc12. The Labute approximate surface area is 109 Å². The maximum atomic E-state index is 12.8. The third-order valence-corrected chi connectivity index (χ3v) is 2.78. The second kappa shape index (κ2) is 5.88. The summed E-state index contributed by atoms with van der Waals surface area (Å²) in [6.07, 6.45) is -2.73. The maximum absolute atomic E-state index is 12.8. The summed E-state index contributed by atoms with van der Waals surface area (Å²) in [7, 11) is 1.59. The molecule has 102 valence electrons. The first-order chi connectivity index (χ1) is 9.11. The van der Waals surface area contributed by atoms with E-state index in [2.05, 4.69) is 15.3 Å². The average Bonchev–Trinajstić information content (AvgIpc) is 2.43. The minimum absolute atomic E-state index is 0.0382. The third-order valence-electron chi connectivity index (χ3n) is 2.78. The molecule has 0 fully saturated rings. The number of nitrogens with zero attached hydrogens (tertiary/aromatic N) is 2. The van der Waals surface area contributed by atoms with Crippen LogP contribution in [0.15, 0.2) is 24.3 Å². The van der Waals surface area contributed by atoms with Gasteiger partial charge in [0.2, 0.25) is 0 Å². The fourth-order valence-corrected chi connectivity index (χ4v) is 1.65. The molecule has 1 atom stereocenters. The van der Waals surface area contributed by atoms with E-state index in [4.69, 9.17) is 4.74 Å². The van der Waals surface area contributed by atoms with Crippen molar-refractivity contribution in [3.63, 3.8) is 0 Å². The molecule has 0 saturated heterocycles. The molecule has 1 heterocycles. The molecular weight excluding hydrogens is 252 g/mol. The minimum Gasteiger partial charge on any atom is -0.380 e.